The van der Waals surface area contributed by atoms with Gasteiger partial charge in [-0.15, -0.1) is 0 Å². The van der Waals surface area contributed by atoms with Gasteiger partial charge in [-0.25, -0.2) is 0 Å². The minimum Gasteiger partial charge on any atom is -0.497 e. The van der Waals surface area contributed by atoms with Crippen molar-refractivity contribution < 1.29 is 23.9 Å². The average Bonchev–Trinajstić information content (AvgIpc) is 2.65. The molecule has 0 spiro atoms. The Balaban J connectivity index is 1.85. The normalized spacial score (nSPS) is 20.5. The standard InChI is InChI=1S/C20H28N2O5/c1-13-7-5-8-14(2)22(13)20(25)15(3)27-18(23)12-21-19(24)16-9-6-10-17(11-16)26-4/h6,9-11,13-15H,5,7-8,12H2,1-4H3,(H,21,24)/t13-,14-,15+/m0/s1. The summed E-state index contributed by atoms with van der Waals surface area (Å²) in [4.78, 5) is 38.6. The molecule has 3 atom stereocenters. The SMILES string of the molecule is COc1cccc(C(=O)NCC(=O)O[C@H](C)C(=O)N2[C@@H](C)CCC[C@@H]2C)c1. The Morgan fingerprint density at radius 3 is 2.52 bits per heavy atom. The molecule has 0 bridgehead atoms. The fourth-order valence-corrected chi connectivity index (χ4v) is 3.37. The number of esters is 1. The quantitative estimate of drug-likeness (QED) is 0.769. The molecule has 27 heavy (non-hydrogen) atoms. The van der Waals surface area contributed by atoms with Gasteiger partial charge in [0.1, 0.15) is 12.3 Å². The molecule has 148 valence electrons. The Labute approximate surface area is 160 Å². The van der Waals surface area contributed by atoms with Crippen LogP contribution in [0.2, 0.25) is 0 Å². The van der Waals surface area contributed by atoms with E-state index in [-0.39, 0.29) is 24.5 Å². The van der Waals surface area contributed by atoms with Gasteiger partial charge in [0.15, 0.2) is 6.10 Å². The van der Waals surface area contributed by atoms with Crippen molar-refractivity contribution in [3.05, 3.63) is 29.8 Å². The first-order valence-corrected chi connectivity index (χ1v) is 9.27. The summed E-state index contributed by atoms with van der Waals surface area (Å²) in [6.45, 7) is 5.28. The fourth-order valence-electron chi connectivity index (χ4n) is 3.37. The Bertz CT molecular complexity index is 681. The van der Waals surface area contributed by atoms with E-state index in [1.807, 2.05) is 13.8 Å². The molecule has 2 rings (SSSR count). The summed E-state index contributed by atoms with van der Waals surface area (Å²) in [6, 6.07) is 6.88. The van der Waals surface area contributed by atoms with E-state index in [1.165, 1.54) is 7.11 Å². The third-order valence-corrected chi connectivity index (χ3v) is 4.83. The topological polar surface area (TPSA) is 84.9 Å². The molecule has 0 radical (unpaired) electrons. The summed E-state index contributed by atoms with van der Waals surface area (Å²) in [6.07, 6.45) is 2.12. The van der Waals surface area contributed by atoms with Crippen molar-refractivity contribution in [2.45, 2.75) is 58.2 Å². The minimum absolute atomic E-state index is 0.134. The third kappa shape index (κ3) is 5.45. The van der Waals surface area contributed by atoms with E-state index < -0.39 is 18.0 Å². The number of hydrogen-bond donors (Lipinski definition) is 1. The second-order valence-electron chi connectivity index (χ2n) is 6.92. The van der Waals surface area contributed by atoms with Crippen molar-refractivity contribution in [3.63, 3.8) is 0 Å². The monoisotopic (exact) mass is 376 g/mol. The number of amides is 2. The van der Waals surface area contributed by atoms with Crippen LogP contribution in [0.5, 0.6) is 5.75 Å². The summed E-state index contributed by atoms with van der Waals surface area (Å²) in [5.41, 5.74) is 0.377. The molecule has 1 aromatic rings. The number of carbonyl (C=O) groups excluding carboxylic acids is 3. The highest BCUT2D eigenvalue weighted by molar-refractivity contribution is 5.96. The maximum absolute atomic E-state index is 12.6. The van der Waals surface area contributed by atoms with E-state index in [4.69, 9.17) is 9.47 Å². The molecule has 7 heteroatoms. The van der Waals surface area contributed by atoms with Gasteiger partial charge in [-0.3, -0.25) is 14.4 Å². The molecule has 2 amide bonds. The van der Waals surface area contributed by atoms with Crippen LogP contribution in [-0.2, 0) is 14.3 Å². The second kappa shape index (κ2) is 9.39. The van der Waals surface area contributed by atoms with Crippen molar-refractivity contribution in [3.8, 4) is 5.75 Å². The van der Waals surface area contributed by atoms with E-state index >= 15 is 0 Å². The Kier molecular flexibility index (Phi) is 7.21. The molecular formula is C20H28N2O5. The summed E-state index contributed by atoms with van der Waals surface area (Å²) >= 11 is 0. The number of hydrogen-bond acceptors (Lipinski definition) is 5. The van der Waals surface area contributed by atoms with Crippen LogP contribution in [-0.4, -0.2) is 54.5 Å². The molecule has 1 aliphatic rings. The number of nitrogens with one attached hydrogen (secondary N) is 1. The maximum Gasteiger partial charge on any atom is 0.326 e. The number of nitrogens with zero attached hydrogens (tertiary/aromatic N) is 1. The van der Waals surface area contributed by atoms with Gasteiger partial charge in [0.25, 0.3) is 11.8 Å². The van der Waals surface area contributed by atoms with E-state index in [0.29, 0.717) is 11.3 Å². The molecule has 1 aromatic carbocycles. The molecule has 7 nitrogen and oxygen atoms in total. The zero-order chi connectivity index (χ0) is 20.0. The minimum atomic E-state index is -0.880. The van der Waals surface area contributed by atoms with Gasteiger partial charge in [-0.2, -0.15) is 0 Å². The van der Waals surface area contributed by atoms with Gasteiger partial charge in [0.05, 0.1) is 7.11 Å². The van der Waals surface area contributed by atoms with Crippen molar-refractivity contribution in [1.29, 1.82) is 0 Å². The van der Waals surface area contributed by atoms with Gasteiger partial charge in [0, 0.05) is 17.6 Å². The van der Waals surface area contributed by atoms with Crippen molar-refractivity contribution >= 4 is 17.8 Å². The van der Waals surface area contributed by atoms with E-state index in [0.717, 1.165) is 19.3 Å². The zero-order valence-electron chi connectivity index (χ0n) is 16.4. The van der Waals surface area contributed by atoms with Crippen molar-refractivity contribution in [2.75, 3.05) is 13.7 Å². The molecule has 1 heterocycles. The summed E-state index contributed by atoms with van der Waals surface area (Å²) in [7, 11) is 1.51. The molecule has 1 N–H and O–H groups in total. The first kappa shape index (κ1) is 20.7. The van der Waals surface area contributed by atoms with Crippen LogP contribution in [0.15, 0.2) is 24.3 Å². The highest BCUT2D eigenvalue weighted by atomic mass is 16.5. The number of likely N-dealkylation sites (tertiary alicyclic amines) is 1. The molecule has 1 aliphatic heterocycles. The lowest BCUT2D eigenvalue weighted by atomic mass is 9.97. The first-order chi connectivity index (χ1) is 12.8. The molecule has 1 fully saturated rings. The largest absolute Gasteiger partial charge is 0.497 e. The molecule has 0 aromatic heterocycles. The Hall–Kier alpha value is -2.57. The fraction of sp³-hybridized carbons (Fsp3) is 0.550. The van der Waals surface area contributed by atoms with Crippen LogP contribution >= 0.6 is 0 Å². The molecule has 0 unspecified atom stereocenters. The molecule has 1 saturated heterocycles. The highest BCUT2D eigenvalue weighted by Gasteiger charge is 2.33. The number of ether oxygens (including phenoxy) is 2. The molecular weight excluding hydrogens is 348 g/mol. The molecule has 0 saturated carbocycles. The van der Waals surface area contributed by atoms with Crippen LogP contribution < -0.4 is 10.1 Å². The van der Waals surface area contributed by atoms with Gasteiger partial charge in [-0.1, -0.05) is 6.07 Å². The van der Waals surface area contributed by atoms with Crippen molar-refractivity contribution in [1.82, 2.24) is 10.2 Å². The highest BCUT2D eigenvalue weighted by Crippen LogP contribution is 2.23. The lowest BCUT2D eigenvalue weighted by Gasteiger charge is -2.40. The van der Waals surface area contributed by atoms with Crippen LogP contribution in [0.4, 0.5) is 0 Å². The van der Waals surface area contributed by atoms with Crippen LogP contribution in [0, 0.1) is 0 Å². The predicted molar refractivity (Wildman–Crippen MR) is 101 cm³/mol. The number of benzene rings is 1. The average molecular weight is 376 g/mol. The second-order valence-corrected chi connectivity index (χ2v) is 6.92. The summed E-state index contributed by atoms with van der Waals surface area (Å²) in [5.74, 6) is -0.705. The lowest BCUT2D eigenvalue weighted by molar-refractivity contribution is -0.161. The Morgan fingerprint density at radius 2 is 1.89 bits per heavy atom. The zero-order valence-corrected chi connectivity index (χ0v) is 16.4. The van der Waals surface area contributed by atoms with E-state index in [1.54, 1.807) is 36.1 Å². The van der Waals surface area contributed by atoms with Crippen molar-refractivity contribution in [2.24, 2.45) is 0 Å². The van der Waals surface area contributed by atoms with Crippen LogP contribution in [0.3, 0.4) is 0 Å². The molecule has 0 aliphatic carbocycles. The third-order valence-electron chi connectivity index (χ3n) is 4.83. The number of rotatable bonds is 6. The first-order valence-electron chi connectivity index (χ1n) is 9.27. The maximum atomic E-state index is 12.6. The summed E-state index contributed by atoms with van der Waals surface area (Å²) < 4.78 is 10.3. The number of carbonyl (C=O) groups is 3. The van der Waals surface area contributed by atoms with E-state index in [2.05, 4.69) is 5.32 Å². The van der Waals surface area contributed by atoms with Gasteiger partial charge in [-0.05, 0) is 58.2 Å². The Morgan fingerprint density at radius 1 is 1.22 bits per heavy atom. The predicted octanol–water partition coefficient (Wildman–Crippen LogP) is 2.15. The van der Waals surface area contributed by atoms with Crippen LogP contribution in [0.1, 0.15) is 50.4 Å². The smallest absolute Gasteiger partial charge is 0.326 e. The van der Waals surface area contributed by atoms with Gasteiger partial charge >= 0.3 is 5.97 Å². The van der Waals surface area contributed by atoms with Gasteiger partial charge in [0.2, 0.25) is 0 Å². The van der Waals surface area contributed by atoms with Crippen LogP contribution in [0.25, 0.3) is 0 Å². The van der Waals surface area contributed by atoms with Gasteiger partial charge < -0.3 is 19.7 Å². The lowest BCUT2D eigenvalue weighted by Crippen LogP contribution is -2.51. The van der Waals surface area contributed by atoms with E-state index in [9.17, 15) is 14.4 Å². The number of piperidine rings is 1. The number of methoxy groups -OCH3 is 1. The summed E-state index contributed by atoms with van der Waals surface area (Å²) in [5, 5.41) is 2.50.